The van der Waals surface area contributed by atoms with Crippen LogP contribution in [0.3, 0.4) is 0 Å². The van der Waals surface area contributed by atoms with Gasteiger partial charge in [0.2, 0.25) is 11.1 Å². The first-order valence-electron chi connectivity index (χ1n) is 5.58. The summed E-state index contributed by atoms with van der Waals surface area (Å²) in [5.74, 6) is 0. The van der Waals surface area contributed by atoms with Crippen molar-refractivity contribution in [3.05, 3.63) is 69.5 Å². The normalized spacial score (nSPS) is 10.4. The standard InChI is InChI=1S/C13H14N2O2/c16-12-6-1-3-8-14(12)10-5-11-15-9-4-2-7-13(15)17/h1-4,6-9H,5,10-11H2. The van der Waals surface area contributed by atoms with E-state index in [4.69, 9.17) is 0 Å². The summed E-state index contributed by atoms with van der Waals surface area (Å²) in [6.45, 7) is 1.25. The Morgan fingerprint density at radius 3 is 1.65 bits per heavy atom. The molecule has 0 radical (unpaired) electrons. The number of aromatic nitrogens is 2. The molecular formula is C13H14N2O2. The maximum atomic E-state index is 11.4. The van der Waals surface area contributed by atoms with Gasteiger partial charge in [0.25, 0.3) is 0 Å². The van der Waals surface area contributed by atoms with Gasteiger partial charge >= 0.3 is 0 Å². The monoisotopic (exact) mass is 230 g/mol. The third kappa shape index (κ3) is 2.93. The number of rotatable bonds is 4. The molecule has 0 saturated carbocycles. The molecule has 17 heavy (non-hydrogen) atoms. The summed E-state index contributed by atoms with van der Waals surface area (Å²) in [4.78, 5) is 22.8. The second-order valence-corrected chi connectivity index (χ2v) is 3.82. The number of nitrogens with zero attached hydrogens (tertiary/aromatic N) is 2. The highest BCUT2D eigenvalue weighted by Crippen LogP contribution is 1.91. The van der Waals surface area contributed by atoms with E-state index in [-0.39, 0.29) is 11.1 Å². The van der Waals surface area contributed by atoms with Crippen LogP contribution in [0.4, 0.5) is 0 Å². The first-order chi connectivity index (χ1) is 8.27. The van der Waals surface area contributed by atoms with Crippen molar-refractivity contribution >= 4 is 0 Å². The Kier molecular flexibility index (Phi) is 3.55. The summed E-state index contributed by atoms with van der Waals surface area (Å²) in [5, 5.41) is 0. The van der Waals surface area contributed by atoms with E-state index in [2.05, 4.69) is 0 Å². The number of hydrogen-bond donors (Lipinski definition) is 0. The van der Waals surface area contributed by atoms with E-state index in [0.29, 0.717) is 13.1 Å². The molecule has 0 fully saturated rings. The molecule has 0 bridgehead atoms. The van der Waals surface area contributed by atoms with Gasteiger partial charge in [-0.3, -0.25) is 9.59 Å². The molecule has 4 heteroatoms. The van der Waals surface area contributed by atoms with Crippen molar-refractivity contribution < 1.29 is 0 Å². The minimum Gasteiger partial charge on any atom is -0.315 e. The van der Waals surface area contributed by atoms with Crippen LogP contribution in [-0.2, 0) is 13.1 Å². The zero-order valence-electron chi connectivity index (χ0n) is 9.45. The SMILES string of the molecule is O=c1ccccn1CCCn1ccccc1=O. The highest BCUT2D eigenvalue weighted by Gasteiger charge is 1.96. The molecule has 0 aliphatic rings. The molecule has 0 N–H and O–H groups in total. The average Bonchev–Trinajstić information content (AvgIpc) is 2.34. The topological polar surface area (TPSA) is 44.0 Å². The van der Waals surface area contributed by atoms with Gasteiger partial charge in [-0.2, -0.15) is 0 Å². The van der Waals surface area contributed by atoms with E-state index >= 15 is 0 Å². The van der Waals surface area contributed by atoms with Gasteiger partial charge in [0.05, 0.1) is 0 Å². The van der Waals surface area contributed by atoms with E-state index in [1.165, 1.54) is 12.1 Å². The van der Waals surface area contributed by atoms with Crippen LogP contribution in [0.5, 0.6) is 0 Å². The Labute approximate surface area is 98.8 Å². The molecule has 2 rings (SSSR count). The second-order valence-electron chi connectivity index (χ2n) is 3.82. The molecule has 4 nitrogen and oxygen atoms in total. The molecule has 0 spiro atoms. The van der Waals surface area contributed by atoms with Crippen LogP contribution in [0, 0.1) is 0 Å². The number of aryl methyl sites for hydroxylation is 2. The molecule has 0 amide bonds. The van der Waals surface area contributed by atoms with E-state index in [0.717, 1.165) is 6.42 Å². The van der Waals surface area contributed by atoms with Crippen LogP contribution >= 0.6 is 0 Å². The Bertz CT molecular complexity index is 545. The van der Waals surface area contributed by atoms with Gasteiger partial charge in [0.15, 0.2) is 0 Å². The van der Waals surface area contributed by atoms with Crippen molar-refractivity contribution in [2.24, 2.45) is 0 Å². The van der Waals surface area contributed by atoms with Crippen molar-refractivity contribution in [2.45, 2.75) is 19.5 Å². The van der Waals surface area contributed by atoms with Gasteiger partial charge in [-0.15, -0.1) is 0 Å². The van der Waals surface area contributed by atoms with Gasteiger partial charge in [0, 0.05) is 37.6 Å². The fourth-order valence-electron chi connectivity index (χ4n) is 1.70. The van der Waals surface area contributed by atoms with Gasteiger partial charge in [0.1, 0.15) is 0 Å². The summed E-state index contributed by atoms with van der Waals surface area (Å²) in [6.07, 6.45) is 4.28. The molecule has 2 aromatic heterocycles. The van der Waals surface area contributed by atoms with E-state index in [9.17, 15) is 9.59 Å². The summed E-state index contributed by atoms with van der Waals surface area (Å²) in [5.41, 5.74) is -0.0131. The van der Waals surface area contributed by atoms with Crippen LogP contribution in [0.1, 0.15) is 6.42 Å². The zero-order chi connectivity index (χ0) is 12.1. The Balaban J connectivity index is 1.97. The molecule has 0 unspecified atom stereocenters. The van der Waals surface area contributed by atoms with Gasteiger partial charge in [-0.1, -0.05) is 12.1 Å². The van der Waals surface area contributed by atoms with Crippen LogP contribution in [-0.4, -0.2) is 9.13 Å². The molecule has 0 atom stereocenters. The predicted molar refractivity (Wildman–Crippen MR) is 66.0 cm³/mol. The Morgan fingerprint density at radius 2 is 1.24 bits per heavy atom. The maximum absolute atomic E-state index is 11.4. The third-order valence-corrected chi connectivity index (χ3v) is 2.60. The molecule has 0 aliphatic carbocycles. The summed E-state index contributed by atoms with van der Waals surface area (Å²) in [6, 6.07) is 10.2. The first-order valence-corrected chi connectivity index (χ1v) is 5.58. The van der Waals surface area contributed by atoms with Crippen LogP contribution in [0.15, 0.2) is 58.4 Å². The molecule has 2 aromatic rings. The van der Waals surface area contributed by atoms with Crippen LogP contribution in [0.25, 0.3) is 0 Å². The molecule has 2 heterocycles. The van der Waals surface area contributed by atoms with Gasteiger partial charge in [-0.05, 0) is 18.6 Å². The first kappa shape index (κ1) is 11.4. The van der Waals surface area contributed by atoms with Crippen LogP contribution < -0.4 is 11.1 Å². The van der Waals surface area contributed by atoms with Crippen LogP contribution in [0.2, 0.25) is 0 Å². The Hall–Kier alpha value is -2.10. The van der Waals surface area contributed by atoms with Gasteiger partial charge < -0.3 is 9.13 Å². The molecule has 0 saturated heterocycles. The highest BCUT2D eigenvalue weighted by molar-refractivity contribution is 4.94. The van der Waals surface area contributed by atoms with Crippen molar-refractivity contribution in [1.82, 2.24) is 9.13 Å². The summed E-state index contributed by atoms with van der Waals surface area (Å²) in [7, 11) is 0. The molecule has 0 aromatic carbocycles. The van der Waals surface area contributed by atoms with Crippen molar-refractivity contribution in [3.8, 4) is 0 Å². The Morgan fingerprint density at radius 1 is 0.765 bits per heavy atom. The van der Waals surface area contributed by atoms with Crippen molar-refractivity contribution in [1.29, 1.82) is 0 Å². The molecular weight excluding hydrogens is 216 g/mol. The van der Waals surface area contributed by atoms with Crippen molar-refractivity contribution in [3.63, 3.8) is 0 Å². The number of pyridine rings is 2. The largest absolute Gasteiger partial charge is 0.315 e. The summed E-state index contributed by atoms with van der Waals surface area (Å²) >= 11 is 0. The van der Waals surface area contributed by atoms with E-state index < -0.39 is 0 Å². The molecule has 88 valence electrons. The average molecular weight is 230 g/mol. The summed E-state index contributed by atoms with van der Waals surface area (Å²) < 4.78 is 3.29. The van der Waals surface area contributed by atoms with Gasteiger partial charge in [-0.25, -0.2) is 0 Å². The fraction of sp³-hybridized carbons (Fsp3) is 0.231. The van der Waals surface area contributed by atoms with E-state index in [1.807, 2.05) is 12.1 Å². The predicted octanol–water partition coefficient (Wildman–Crippen LogP) is 1.10. The quantitative estimate of drug-likeness (QED) is 0.789. The third-order valence-electron chi connectivity index (χ3n) is 2.60. The highest BCUT2D eigenvalue weighted by atomic mass is 16.1. The number of hydrogen-bond acceptors (Lipinski definition) is 2. The lowest BCUT2D eigenvalue weighted by atomic mass is 10.3. The minimum atomic E-state index is -0.00657. The maximum Gasteiger partial charge on any atom is 0.250 e. The molecule has 0 aliphatic heterocycles. The smallest absolute Gasteiger partial charge is 0.250 e. The minimum absolute atomic E-state index is 0.00657. The lowest BCUT2D eigenvalue weighted by molar-refractivity contribution is 0.543. The van der Waals surface area contributed by atoms with Crippen molar-refractivity contribution in [2.75, 3.05) is 0 Å². The fourth-order valence-corrected chi connectivity index (χ4v) is 1.70. The lowest BCUT2D eigenvalue weighted by Gasteiger charge is -2.06. The van der Waals surface area contributed by atoms with E-state index in [1.54, 1.807) is 33.7 Å². The zero-order valence-corrected chi connectivity index (χ0v) is 9.45. The lowest BCUT2D eigenvalue weighted by Crippen LogP contribution is -2.21. The second kappa shape index (κ2) is 5.30.